The molecule has 0 aromatic heterocycles. The molecule has 2 N–H and O–H groups in total. The highest BCUT2D eigenvalue weighted by Gasteiger charge is 2.48. The summed E-state index contributed by atoms with van der Waals surface area (Å²) in [5.41, 5.74) is -0.538. The molecule has 0 spiro atoms. The van der Waals surface area contributed by atoms with Crippen LogP contribution in [0.1, 0.15) is 19.8 Å². The van der Waals surface area contributed by atoms with Gasteiger partial charge in [-0.05, 0) is 25.7 Å². The maximum atomic E-state index is 11.3. The maximum absolute atomic E-state index is 11.3. The molecule has 12 heavy (non-hydrogen) atoms. The zero-order valence-electron chi connectivity index (χ0n) is 7.50. The molecule has 0 aromatic rings. The first-order valence-corrected chi connectivity index (χ1v) is 4.05. The number of rotatable bonds is 4. The van der Waals surface area contributed by atoms with E-state index in [2.05, 4.69) is 4.84 Å². The summed E-state index contributed by atoms with van der Waals surface area (Å²) in [6.07, 6.45) is 2.13. The van der Waals surface area contributed by atoms with Crippen molar-refractivity contribution < 1.29 is 14.4 Å². The van der Waals surface area contributed by atoms with Crippen LogP contribution in [0.3, 0.4) is 0 Å². The van der Waals surface area contributed by atoms with Crippen LogP contribution >= 0.6 is 0 Å². The first kappa shape index (κ1) is 9.48. The smallest absolute Gasteiger partial charge is 0.314 e. The third-order valence-corrected chi connectivity index (χ3v) is 2.51. The van der Waals surface area contributed by atoms with Crippen molar-refractivity contribution in [1.82, 2.24) is 0 Å². The fraction of sp³-hybridized carbons (Fsp3) is 0.875. The van der Waals surface area contributed by atoms with Crippen LogP contribution in [-0.4, -0.2) is 19.7 Å². The third-order valence-electron chi connectivity index (χ3n) is 2.51. The van der Waals surface area contributed by atoms with E-state index in [4.69, 9.17) is 10.6 Å². The van der Waals surface area contributed by atoms with Gasteiger partial charge in [0.2, 0.25) is 0 Å². The molecule has 70 valence electrons. The molecule has 1 saturated carbocycles. The lowest BCUT2D eigenvalue weighted by Gasteiger charge is -2.24. The Kier molecular flexibility index (Phi) is 2.69. The van der Waals surface area contributed by atoms with E-state index < -0.39 is 5.41 Å². The monoisotopic (exact) mass is 173 g/mol. The topological polar surface area (TPSA) is 61.5 Å². The van der Waals surface area contributed by atoms with Crippen LogP contribution < -0.4 is 5.90 Å². The van der Waals surface area contributed by atoms with Crippen LogP contribution in [0.5, 0.6) is 0 Å². The van der Waals surface area contributed by atoms with Gasteiger partial charge in [0.05, 0.1) is 19.1 Å². The zero-order chi connectivity index (χ0) is 9.19. The molecule has 1 rings (SSSR count). The molecule has 4 heteroatoms. The number of carbonyl (C=O) groups excluding carboxylic acids is 1. The second-order valence-electron chi connectivity index (χ2n) is 3.49. The maximum Gasteiger partial charge on any atom is 0.314 e. The Bertz CT molecular complexity index is 179. The van der Waals surface area contributed by atoms with Crippen molar-refractivity contribution in [2.75, 3.05) is 13.7 Å². The molecular weight excluding hydrogens is 158 g/mol. The Labute approximate surface area is 72.0 Å². The van der Waals surface area contributed by atoms with E-state index in [-0.39, 0.29) is 12.6 Å². The van der Waals surface area contributed by atoms with Crippen molar-refractivity contribution in [2.24, 2.45) is 17.2 Å². The highest BCUT2D eigenvalue weighted by Crippen LogP contribution is 2.46. The van der Waals surface area contributed by atoms with E-state index in [0.29, 0.717) is 5.92 Å². The van der Waals surface area contributed by atoms with E-state index in [1.54, 1.807) is 0 Å². The summed E-state index contributed by atoms with van der Waals surface area (Å²) in [5.74, 6) is 5.12. The minimum atomic E-state index is -0.538. The van der Waals surface area contributed by atoms with Gasteiger partial charge in [-0.25, -0.2) is 5.90 Å². The SMILES string of the molecule is COC(=O)C(C)(CON)C1CC1. The Morgan fingerprint density at radius 2 is 2.25 bits per heavy atom. The van der Waals surface area contributed by atoms with Crippen LogP contribution in [0.2, 0.25) is 0 Å². The number of carbonyl (C=O) groups is 1. The highest BCUT2D eigenvalue weighted by molar-refractivity contribution is 5.77. The van der Waals surface area contributed by atoms with E-state index in [0.717, 1.165) is 12.8 Å². The predicted octanol–water partition coefficient (Wildman–Crippen LogP) is 0.466. The number of nitrogens with two attached hydrogens (primary N) is 1. The zero-order valence-corrected chi connectivity index (χ0v) is 7.50. The number of hydrogen-bond donors (Lipinski definition) is 1. The van der Waals surface area contributed by atoms with Gasteiger partial charge >= 0.3 is 5.97 Å². The van der Waals surface area contributed by atoms with Gasteiger partial charge in [-0.3, -0.25) is 4.79 Å². The van der Waals surface area contributed by atoms with Gasteiger partial charge in [-0.2, -0.15) is 0 Å². The second-order valence-corrected chi connectivity index (χ2v) is 3.49. The van der Waals surface area contributed by atoms with Crippen LogP contribution in [0.4, 0.5) is 0 Å². The van der Waals surface area contributed by atoms with Gasteiger partial charge in [0, 0.05) is 0 Å². The summed E-state index contributed by atoms with van der Waals surface area (Å²) in [6, 6.07) is 0. The van der Waals surface area contributed by atoms with Crippen LogP contribution in [0.15, 0.2) is 0 Å². The summed E-state index contributed by atoms with van der Waals surface area (Å²) >= 11 is 0. The summed E-state index contributed by atoms with van der Waals surface area (Å²) in [4.78, 5) is 15.9. The largest absolute Gasteiger partial charge is 0.469 e. The second kappa shape index (κ2) is 3.41. The lowest BCUT2D eigenvalue weighted by atomic mass is 9.86. The molecule has 0 heterocycles. The van der Waals surface area contributed by atoms with Gasteiger partial charge < -0.3 is 9.57 Å². The molecule has 1 fully saturated rings. The molecular formula is C8H15NO3. The first-order valence-electron chi connectivity index (χ1n) is 4.05. The Hall–Kier alpha value is -0.610. The normalized spacial score (nSPS) is 21.6. The third kappa shape index (κ3) is 1.59. The highest BCUT2D eigenvalue weighted by atomic mass is 16.6. The lowest BCUT2D eigenvalue weighted by molar-refractivity contribution is -0.157. The average molecular weight is 173 g/mol. The fourth-order valence-electron chi connectivity index (χ4n) is 1.47. The molecule has 0 aliphatic heterocycles. The first-order chi connectivity index (χ1) is 5.65. The molecule has 1 unspecified atom stereocenters. The Balaban J connectivity index is 2.63. The van der Waals surface area contributed by atoms with Gasteiger partial charge in [-0.1, -0.05) is 0 Å². The van der Waals surface area contributed by atoms with Crippen molar-refractivity contribution in [3.05, 3.63) is 0 Å². The standard InChI is InChI=1S/C8H15NO3/c1-8(5-12-9,6-3-4-6)7(10)11-2/h6H,3-5,9H2,1-2H3. The predicted molar refractivity (Wildman–Crippen MR) is 43.0 cm³/mol. The number of ether oxygens (including phenoxy) is 1. The molecule has 0 saturated heterocycles. The Morgan fingerprint density at radius 3 is 2.58 bits per heavy atom. The van der Waals surface area contributed by atoms with Crippen molar-refractivity contribution in [3.8, 4) is 0 Å². The molecule has 0 bridgehead atoms. The van der Waals surface area contributed by atoms with Crippen LogP contribution in [-0.2, 0) is 14.4 Å². The molecule has 4 nitrogen and oxygen atoms in total. The Morgan fingerprint density at radius 1 is 1.67 bits per heavy atom. The molecule has 1 aliphatic carbocycles. The molecule has 0 amide bonds. The lowest BCUT2D eigenvalue weighted by Crippen LogP contribution is -2.37. The summed E-state index contributed by atoms with van der Waals surface area (Å²) in [7, 11) is 1.39. The van der Waals surface area contributed by atoms with Crippen LogP contribution in [0, 0.1) is 11.3 Å². The molecule has 1 atom stereocenters. The van der Waals surface area contributed by atoms with Gasteiger partial charge in [0.15, 0.2) is 0 Å². The fourth-order valence-corrected chi connectivity index (χ4v) is 1.47. The molecule has 0 aromatic carbocycles. The summed E-state index contributed by atoms with van der Waals surface area (Å²) < 4.78 is 4.69. The van der Waals surface area contributed by atoms with Crippen molar-refractivity contribution >= 4 is 5.97 Å². The summed E-state index contributed by atoms with van der Waals surface area (Å²) in [5, 5.41) is 0. The summed E-state index contributed by atoms with van der Waals surface area (Å²) in [6.45, 7) is 2.08. The number of hydrogen-bond acceptors (Lipinski definition) is 4. The van der Waals surface area contributed by atoms with E-state index in [1.807, 2.05) is 6.92 Å². The van der Waals surface area contributed by atoms with Gasteiger partial charge in [0.1, 0.15) is 0 Å². The van der Waals surface area contributed by atoms with E-state index in [9.17, 15) is 4.79 Å². The van der Waals surface area contributed by atoms with Crippen molar-refractivity contribution in [3.63, 3.8) is 0 Å². The van der Waals surface area contributed by atoms with Crippen molar-refractivity contribution in [2.45, 2.75) is 19.8 Å². The van der Waals surface area contributed by atoms with Gasteiger partial charge in [0.25, 0.3) is 0 Å². The van der Waals surface area contributed by atoms with E-state index >= 15 is 0 Å². The molecule has 1 aliphatic rings. The minimum Gasteiger partial charge on any atom is -0.469 e. The molecule has 0 radical (unpaired) electrons. The van der Waals surface area contributed by atoms with Gasteiger partial charge in [-0.15, -0.1) is 0 Å². The van der Waals surface area contributed by atoms with Crippen LogP contribution in [0.25, 0.3) is 0 Å². The minimum absolute atomic E-state index is 0.226. The number of esters is 1. The average Bonchev–Trinajstić information content (AvgIpc) is 2.85. The van der Waals surface area contributed by atoms with Crippen molar-refractivity contribution in [1.29, 1.82) is 0 Å². The quantitative estimate of drug-likeness (QED) is 0.495. The number of methoxy groups -OCH3 is 1. The van der Waals surface area contributed by atoms with E-state index in [1.165, 1.54) is 7.11 Å².